The summed E-state index contributed by atoms with van der Waals surface area (Å²) in [5, 5.41) is 0. The Bertz CT molecular complexity index is 302. The van der Waals surface area contributed by atoms with Crippen LogP contribution in [0.25, 0.3) is 0 Å². The minimum absolute atomic E-state index is 0.194. The summed E-state index contributed by atoms with van der Waals surface area (Å²) in [4.78, 5) is 23.6. The first kappa shape index (κ1) is 9.45. The predicted molar refractivity (Wildman–Crippen MR) is 47.2 cm³/mol. The molecule has 2 atom stereocenters. The third-order valence-corrected chi connectivity index (χ3v) is 10.6. The van der Waals surface area contributed by atoms with Crippen molar-refractivity contribution in [3.8, 4) is 0 Å². The summed E-state index contributed by atoms with van der Waals surface area (Å²) >= 11 is -0.239. The first-order valence-corrected chi connectivity index (χ1v) is 9.37. The van der Waals surface area contributed by atoms with Crippen LogP contribution in [0.4, 0.5) is 0 Å². The maximum atomic E-state index is 11.8. The molecule has 0 amide bonds. The van der Waals surface area contributed by atoms with E-state index in [-0.39, 0.29) is 40.6 Å². The van der Waals surface area contributed by atoms with E-state index < -0.39 is 0 Å². The monoisotopic (exact) mass is 325 g/mol. The van der Waals surface area contributed by atoms with Crippen LogP contribution in [0, 0.1) is 5.41 Å². The summed E-state index contributed by atoms with van der Waals surface area (Å²) in [5.41, 5.74) is -0.389. The van der Waals surface area contributed by atoms with Gasteiger partial charge in [-0.15, -0.1) is 0 Å². The van der Waals surface area contributed by atoms with Gasteiger partial charge in [0.2, 0.25) is 0 Å². The Kier molecular flexibility index (Phi) is 1.94. The van der Waals surface area contributed by atoms with Gasteiger partial charge in [0.05, 0.1) is 0 Å². The molecule has 0 spiro atoms. The maximum absolute atomic E-state index is 11.8. The zero-order chi connectivity index (χ0) is 9.81. The molecule has 14 heavy (non-hydrogen) atoms. The number of carbonyl (C=O) groups is 2. The molecular formula is C9H10IO3S-. The molecule has 5 heteroatoms. The summed E-state index contributed by atoms with van der Waals surface area (Å²) in [5.74, 6) is 0.428. The van der Waals surface area contributed by atoms with Gasteiger partial charge in [-0.3, -0.25) is 0 Å². The summed E-state index contributed by atoms with van der Waals surface area (Å²) in [6, 6.07) is 0. The van der Waals surface area contributed by atoms with Crippen molar-refractivity contribution < 1.29 is 34.1 Å². The first-order chi connectivity index (χ1) is 6.71. The molecule has 0 bridgehead atoms. The van der Waals surface area contributed by atoms with E-state index in [1.165, 1.54) is 0 Å². The normalized spacial score (nSPS) is 46.6. The zero-order valence-corrected chi connectivity index (χ0v) is 10.5. The Balaban J connectivity index is 2.15. The van der Waals surface area contributed by atoms with Crippen molar-refractivity contribution in [1.29, 1.82) is 0 Å². The Labute approximate surface area is 95.0 Å². The topological polar surface area (TPSA) is 43.4 Å². The third kappa shape index (κ3) is 0.863. The average Bonchev–Trinajstić information content (AvgIpc) is 2.66. The number of hydrogen-bond donors (Lipinski definition) is 0. The first-order valence-electron chi connectivity index (χ1n) is 4.76. The van der Waals surface area contributed by atoms with Gasteiger partial charge >= 0.3 is 95.3 Å². The molecule has 0 aromatic rings. The van der Waals surface area contributed by atoms with Gasteiger partial charge in [0.25, 0.3) is 0 Å². The van der Waals surface area contributed by atoms with Crippen molar-refractivity contribution in [2.75, 3.05) is 5.75 Å². The van der Waals surface area contributed by atoms with Crippen LogP contribution in [0.3, 0.4) is 0 Å². The van der Waals surface area contributed by atoms with E-state index >= 15 is 0 Å². The Morgan fingerprint density at radius 3 is 2.79 bits per heavy atom. The van der Waals surface area contributed by atoms with E-state index in [1.54, 1.807) is 0 Å². The molecule has 0 aromatic carbocycles. The van der Waals surface area contributed by atoms with Gasteiger partial charge in [0.15, 0.2) is 0 Å². The second kappa shape index (κ2) is 2.87. The number of ether oxygens (including phenoxy) is 1. The molecule has 2 heterocycles. The molecule has 2 unspecified atom stereocenters. The molecule has 3 nitrogen and oxygen atoms in total. The van der Waals surface area contributed by atoms with E-state index in [0.717, 1.165) is 31.4 Å². The summed E-state index contributed by atoms with van der Waals surface area (Å²) < 4.78 is 4.57. The molecule has 2 aliphatic heterocycles. The summed E-state index contributed by atoms with van der Waals surface area (Å²) in [7, 11) is 1.85. The SMILES string of the molecule is O=C1OC(=O)C23CCCCC12CS[I-]3. The van der Waals surface area contributed by atoms with Gasteiger partial charge in [-0.2, -0.15) is 0 Å². The van der Waals surface area contributed by atoms with Crippen molar-refractivity contribution in [2.24, 2.45) is 5.41 Å². The number of alkyl halides is 1. The van der Waals surface area contributed by atoms with E-state index in [9.17, 15) is 9.59 Å². The molecule has 3 aliphatic rings. The van der Waals surface area contributed by atoms with E-state index in [0.29, 0.717) is 0 Å². The van der Waals surface area contributed by atoms with E-state index in [2.05, 4.69) is 0 Å². The fourth-order valence-corrected chi connectivity index (χ4v) is 11.4. The number of cyclic esters (lactones) is 2. The van der Waals surface area contributed by atoms with Crippen LogP contribution in [-0.4, -0.2) is 21.1 Å². The Morgan fingerprint density at radius 2 is 2.00 bits per heavy atom. The van der Waals surface area contributed by atoms with Gasteiger partial charge in [0.1, 0.15) is 0 Å². The van der Waals surface area contributed by atoms with Gasteiger partial charge in [-0.25, -0.2) is 0 Å². The molecule has 2 saturated heterocycles. The predicted octanol–water partition coefficient (Wildman–Crippen LogP) is -1.88. The van der Waals surface area contributed by atoms with Gasteiger partial charge in [0, 0.05) is 0 Å². The summed E-state index contributed by atoms with van der Waals surface area (Å²) in [6.07, 6.45) is 3.95. The number of carbonyl (C=O) groups excluding carboxylic acids is 2. The van der Waals surface area contributed by atoms with Crippen LogP contribution < -0.4 is 19.8 Å². The van der Waals surface area contributed by atoms with Crippen LogP contribution >= 0.6 is 8.93 Å². The quantitative estimate of drug-likeness (QED) is 0.226. The summed E-state index contributed by atoms with van der Waals surface area (Å²) in [6.45, 7) is 0. The fraction of sp³-hybridized carbons (Fsp3) is 0.778. The van der Waals surface area contributed by atoms with E-state index in [4.69, 9.17) is 4.74 Å². The minimum atomic E-state index is -0.389. The standard InChI is InChI=1S/C9H10IO3S/c11-6-8-3-1-2-4-9(8,7(12)13-6)10-14-5-8/h1-5H2/q-1. The van der Waals surface area contributed by atoms with Crippen molar-refractivity contribution in [2.45, 2.75) is 29.1 Å². The van der Waals surface area contributed by atoms with Crippen molar-refractivity contribution in [3.63, 3.8) is 0 Å². The van der Waals surface area contributed by atoms with E-state index in [1.807, 2.05) is 8.93 Å². The molecular weight excluding hydrogens is 315 g/mol. The molecule has 1 aliphatic carbocycles. The van der Waals surface area contributed by atoms with Crippen LogP contribution in [0.1, 0.15) is 25.7 Å². The molecule has 1 saturated carbocycles. The second-order valence-electron chi connectivity index (χ2n) is 4.10. The molecule has 0 radical (unpaired) electrons. The molecule has 0 N–H and O–H groups in total. The Morgan fingerprint density at radius 1 is 1.21 bits per heavy atom. The molecule has 0 aromatic heterocycles. The van der Waals surface area contributed by atoms with Gasteiger partial charge < -0.3 is 0 Å². The number of esters is 2. The zero-order valence-electron chi connectivity index (χ0n) is 7.55. The average molecular weight is 325 g/mol. The second-order valence-corrected chi connectivity index (χ2v) is 9.79. The van der Waals surface area contributed by atoms with Crippen LogP contribution in [-0.2, 0) is 14.3 Å². The third-order valence-electron chi connectivity index (χ3n) is 3.52. The number of hydrogen-bond acceptors (Lipinski definition) is 4. The molecule has 78 valence electrons. The number of halogens is 1. The fourth-order valence-electron chi connectivity index (χ4n) is 2.66. The van der Waals surface area contributed by atoms with Crippen LogP contribution in [0.5, 0.6) is 0 Å². The van der Waals surface area contributed by atoms with Crippen molar-refractivity contribution in [1.82, 2.24) is 0 Å². The van der Waals surface area contributed by atoms with Crippen molar-refractivity contribution >= 4 is 20.9 Å². The van der Waals surface area contributed by atoms with Crippen LogP contribution in [0.15, 0.2) is 0 Å². The Hall–Kier alpha value is 0.220. The van der Waals surface area contributed by atoms with Crippen molar-refractivity contribution in [3.05, 3.63) is 0 Å². The van der Waals surface area contributed by atoms with Gasteiger partial charge in [-0.05, 0) is 0 Å². The molecule has 3 fully saturated rings. The van der Waals surface area contributed by atoms with Crippen LogP contribution in [0.2, 0.25) is 0 Å². The molecule has 3 rings (SSSR count). The van der Waals surface area contributed by atoms with Gasteiger partial charge in [-0.1, -0.05) is 0 Å². The number of rotatable bonds is 0.